The van der Waals surface area contributed by atoms with Gasteiger partial charge in [0.25, 0.3) is 0 Å². The Labute approximate surface area is 118 Å². The van der Waals surface area contributed by atoms with Crippen molar-refractivity contribution in [2.75, 3.05) is 0 Å². The molecule has 0 N–H and O–H groups in total. The molecule has 5 heteroatoms. The van der Waals surface area contributed by atoms with Crippen LogP contribution in [-0.4, -0.2) is 10.2 Å². The van der Waals surface area contributed by atoms with Crippen LogP contribution in [0.25, 0.3) is 0 Å². The lowest BCUT2D eigenvalue weighted by molar-refractivity contribution is 0.447. The number of halogens is 2. The van der Waals surface area contributed by atoms with E-state index in [4.69, 9.17) is 16.3 Å². The van der Waals surface area contributed by atoms with Gasteiger partial charge in [-0.05, 0) is 54.1 Å². The Bertz CT molecular complexity index is 560. The van der Waals surface area contributed by atoms with E-state index in [1.54, 1.807) is 0 Å². The van der Waals surface area contributed by atoms with Crippen molar-refractivity contribution in [3.05, 3.63) is 44.1 Å². The van der Waals surface area contributed by atoms with Crippen LogP contribution in [0.4, 0.5) is 0 Å². The van der Waals surface area contributed by atoms with E-state index >= 15 is 0 Å². The van der Waals surface area contributed by atoms with Crippen LogP contribution >= 0.6 is 34.2 Å². The molecule has 0 bridgehead atoms. The second-order valence-electron chi connectivity index (χ2n) is 3.58. The second-order valence-corrected chi connectivity index (χ2v) is 5.10. The standard InChI is InChI=1S/C12H10ClIN2O/c1-7-8(2)12(16-15-11(7)13)17-10-6-4-3-5-9(10)14/h3-6H,1-2H3. The van der Waals surface area contributed by atoms with Gasteiger partial charge in [-0.3, -0.25) is 0 Å². The van der Waals surface area contributed by atoms with E-state index in [2.05, 4.69) is 32.8 Å². The Morgan fingerprint density at radius 2 is 1.82 bits per heavy atom. The molecule has 1 heterocycles. The predicted octanol–water partition coefficient (Wildman–Crippen LogP) is 4.14. The van der Waals surface area contributed by atoms with Crippen molar-refractivity contribution >= 4 is 34.2 Å². The van der Waals surface area contributed by atoms with Crippen molar-refractivity contribution in [3.8, 4) is 11.6 Å². The highest BCUT2D eigenvalue weighted by molar-refractivity contribution is 14.1. The summed E-state index contributed by atoms with van der Waals surface area (Å²) in [4.78, 5) is 0. The number of para-hydroxylation sites is 1. The monoisotopic (exact) mass is 360 g/mol. The van der Waals surface area contributed by atoms with Crippen molar-refractivity contribution < 1.29 is 4.74 Å². The van der Waals surface area contributed by atoms with E-state index < -0.39 is 0 Å². The molecule has 0 saturated carbocycles. The van der Waals surface area contributed by atoms with Crippen LogP contribution in [0.2, 0.25) is 5.15 Å². The van der Waals surface area contributed by atoms with Crippen molar-refractivity contribution in [1.82, 2.24) is 10.2 Å². The molecule has 1 aromatic carbocycles. The van der Waals surface area contributed by atoms with E-state index in [1.807, 2.05) is 38.1 Å². The Morgan fingerprint density at radius 1 is 1.12 bits per heavy atom. The summed E-state index contributed by atoms with van der Waals surface area (Å²) in [5.74, 6) is 1.27. The first-order valence-electron chi connectivity index (χ1n) is 5.01. The Balaban J connectivity index is 2.38. The van der Waals surface area contributed by atoms with Gasteiger partial charge in [-0.15, -0.1) is 10.2 Å². The fourth-order valence-corrected chi connectivity index (χ4v) is 1.96. The molecular formula is C12H10ClIN2O. The summed E-state index contributed by atoms with van der Waals surface area (Å²) in [5.41, 5.74) is 1.80. The molecule has 0 unspecified atom stereocenters. The van der Waals surface area contributed by atoms with Crippen LogP contribution in [0.1, 0.15) is 11.1 Å². The summed E-state index contributed by atoms with van der Waals surface area (Å²) in [7, 11) is 0. The molecule has 0 aliphatic rings. The maximum Gasteiger partial charge on any atom is 0.242 e. The average Bonchev–Trinajstić information content (AvgIpc) is 2.32. The smallest absolute Gasteiger partial charge is 0.242 e. The summed E-state index contributed by atoms with van der Waals surface area (Å²) in [6, 6.07) is 7.75. The summed E-state index contributed by atoms with van der Waals surface area (Å²) < 4.78 is 6.76. The molecule has 0 amide bonds. The van der Waals surface area contributed by atoms with E-state index in [-0.39, 0.29) is 0 Å². The van der Waals surface area contributed by atoms with E-state index in [0.29, 0.717) is 11.0 Å². The fourth-order valence-electron chi connectivity index (χ4n) is 1.28. The van der Waals surface area contributed by atoms with Crippen LogP contribution in [-0.2, 0) is 0 Å². The number of aromatic nitrogens is 2. The van der Waals surface area contributed by atoms with Crippen LogP contribution in [0, 0.1) is 17.4 Å². The molecule has 3 nitrogen and oxygen atoms in total. The van der Waals surface area contributed by atoms with E-state index in [0.717, 1.165) is 20.4 Å². The Kier molecular flexibility index (Phi) is 3.83. The molecule has 1 aromatic heterocycles. The van der Waals surface area contributed by atoms with Gasteiger partial charge < -0.3 is 4.74 Å². The van der Waals surface area contributed by atoms with Crippen LogP contribution in [0.5, 0.6) is 11.6 Å². The molecule has 0 fully saturated rings. The first kappa shape index (κ1) is 12.6. The largest absolute Gasteiger partial charge is 0.436 e. The zero-order chi connectivity index (χ0) is 12.4. The minimum Gasteiger partial charge on any atom is -0.436 e. The molecule has 88 valence electrons. The summed E-state index contributed by atoms with van der Waals surface area (Å²) in [6.07, 6.45) is 0. The van der Waals surface area contributed by atoms with Gasteiger partial charge in [0.05, 0.1) is 3.57 Å². The predicted molar refractivity (Wildman–Crippen MR) is 75.7 cm³/mol. The third-order valence-corrected chi connectivity index (χ3v) is 3.71. The van der Waals surface area contributed by atoms with E-state index in [1.165, 1.54) is 0 Å². The lowest BCUT2D eigenvalue weighted by Gasteiger charge is -2.10. The van der Waals surface area contributed by atoms with Crippen molar-refractivity contribution in [2.24, 2.45) is 0 Å². The number of rotatable bonds is 2. The molecule has 0 saturated heterocycles. The molecule has 0 aliphatic heterocycles. The number of ether oxygens (including phenoxy) is 1. The third kappa shape index (κ3) is 2.69. The molecule has 17 heavy (non-hydrogen) atoms. The highest BCUT2D eigenvalue weighted by atomic mass is 127. The van der Waals surface area contributed by atoms with Gasteiger partial charge >= 0.3 is 0 Å². The highest BCUT2D eigenvalue weighted by Crippen LogP contribution is 2.29. The minimum atomic E-state index is 0.414. The number of hydrogen-bond donors (Lipinski definition) is 0. The molecule has 0 atom stereocenters. The molecule has 0 radical (unpaired) electrons. The second kappa shape index (κ2) is 5.18. The van der Waals surface area contributed by atoms with Crippen molar-refractivity contribution in [3.63, 3.8) is 0 Å². The van der Waals surface area contributed by atoms with Crippen LogP contribution < -0.4 is 4.74 Å². The Morgan fingerprint density at radius 3 is 2.53 bits per heavy atom. The zero-order valence-electron chi connectivity index (χ0n) is 9.37. The molecule has 0 spiro atoms. The minimum absolute atomic E-state index is 0.414. The molecule has 0 aliphatic carbocycles. The lowest BCUT2D eigenvalue weighted by Crippen LogP contribution is -1.98. The average molecular weight is 361 g/mol. The number of nitrogens with zero attached hydrogens (tertiary/aromatic N) is 2. The van der Waals surface area contributed by atoms with Gasteiger partial charge in [0.1, 0.15) is 5.75 Å². The molecule has 2 aromatic rings. The van der Waals surface area contributed by atoms with Gasteiger partial charge in [0.2, 0.25) is 5.88 Å². The van der Waals surface area contributed by atoms with Crippen molar-refractivity contribution in [1.29, 1.82) is 0 Å². The van der Waals surface area contributed by atoms with E-state index in [9.17, 15) is 0 Å². The highest BCUT2D eigenvalue weighted by Gasteiger charge is 2.11. The van der Waals surface area contributed by atoms with Crippen LogP contribution in [0.15, 0.2) is 24.3 Å². The van der Waals surface area contributed by atoms with Gasteiger partial charge in [0, 0.05) is 5.56 Å². The fraction of sp³-hybridized carbons (Fsp3) is 0.167. The normalized spacial score (nSPS) is 10.4. The maximum absolute atomic E-state index is 5.89. The van der Waals surface area contributed by atoms with Gasteiger partial charge in [-0.1, -0.05) is 23.7 Å². The van der Waals surface area contributed by atoms with Gasteiger partial charge in [0.15, 0.2) is 5.15 Å². The topological polar surface area (TPSA) is 35.0 Å². The van der Waals surface area contributed by atoms with Crippen LogP contribution in [0.3, 0.4) is 0 Å². The number of benzene rings is 1. The quantitative estimate of drug-likeness (QED) is 0.755. The first-order valence-corrected chi connectivity index (χ1v) is 6.47. The third-order valence-electron chi connectivity index (χ3n) is 2.46. The molecule has 2 rings (SSSR count). The van der Waals surface area contributed by atoms with Gasteiger partial charge in [-0.2, -0.15) is 0 Å². The number of hydrogen-bond acceptors (Lipinski definition) is 3. The first-order chi connectivity index (χ1) is 8.09. The summed E-state index contributed by atoms with van der Waals surface area (Å²) in [6.45, 7) is 3.82. The SMILES string of the molecule is Cc1c(Cl)nnc(Oc2ccccc2I)c1C. The Hall–Kier alpha value is -0.880. The lowest BCUT2D eigenvalue weighted by atomic mass is 10.2. The summed E-state index contributed by atoms with van der Waals surface area (Å²) >= 11 is 8.10. The maximum atomic E-state index is 5.89. The van der Waals surface area contributed by atoms with Gasteiger partial charge in [-0.25, -0.2) is 0 Å². The molecular weight excluding hydrogens is 351 g/mol. The zero-order valence-corrected chi connectivity index (χ0v) is 12.3. The van der Waals surface area contributed by atoms with Crippen molar-refractivity contribution in [2.45, 2.75) is 13.8 Å². The summed E-state index contributed by atoms with van der Waals surface area (Å²) in [5, 5.41) is 8.24.